The van der Waals surface area contributed by atoms with Crippen molar-refractivity contribution in [1.82, 2.24) is 9.71 Å². The molecule has 100 valence electrons. The van der Waals surface area contributed by atoms with Gasteiger partial charge in [-0.15, -0.1) is 4.73 Å². The molecule has 5 heteroatoms. The lowest BCUT2D eigenvalue weighted by atomic mass is 10.2. The highest BCUT2D eigenvalue weighted by Gasteiger charge is 2.03. The minimum Gasteiger partial charge on any atom is -0.409 e. The van der Waals surface area contributed by atoms with Crippen molar-refractivity contribution >= 4 is 0 Å². The first kappa shape index (κ1) is 13.1. The number of aromatic amines is 1. The van der Waals surface area contributed by atoms with Gasteiger partial charge in [-0.1, -0.05) is 37.3 Å². The number of hydrogen-bond acceptors (Lipinski definition) is 3. The second-order valence-electron chi connectivity index (χ2n) is 4.16. The maximum atomic E-state index is 11.5. The van der Waals surface area contributed by atoms with Crippen LogP contribution in [0.15, 0.2) is 46.1 Å². The average Bonchev–Trinajstić information content (AvgIpc) is 2.42. The summed E-state index contributed by atoms with van der Waals surface area (Å²) in [6.07, 6.45) is 2.71. The molecule has 2 aromatic rings. The molecule has 0 bridgehead atoms. The molecule has 1 aromatic carbocycles. The van der Waals surface area contributed by atoms with E-state index >= 15 is 0 Å². The minimum absolute atomic E-state index is 0.351. The van der Waals surface area contributed by atoms with Gasteiger partial charge in [0, 0.05) is 12.0 Å². The van der Waals surface area contributed by atoms with E-state index in [1.54, 1.807) is 0 Å². The Labute approximate surface area is 110 Å². The summed E-state index contributed by atoms with van der Waals surface area (Å²) in [4.78, 5) is 30.5. The molecule has 0 radical (unpaired) electrons. The lowest BCUT2D eigenvalue weighted by Crippen LogP contribution is -2.35. The number of aryl methyl sites for hydroxylation is 1. The number of nitrogens with one attached hydrogen (secondary N) is 1. The third-order valence-electron chi connectivity index (χ3n) is 2.83. The molecule has 0 spiro atoms. The third-order valence-corrected chi connectivity index (χ3v) is 2.83. The van der Waals surface area contributed by atoms with Crippen molar-refractivity contribution in [2.45, 2.75) is 19.8 Å². The van der Waals surface area contributed by atoms with E-state index in [9.17, 15) is 9.59 Å². The Morgan fingerprint density at radius 2 is 1.95 bits per heavy atom. The molecular formula is C14H16N2O3. The normalized spacial score (nSPS) is 10.4. The molecule has 0 fully saturated rings. The SMILES string of the molecule is CCc1cn(OCCc2ccccc2)c(=O)[nH]c1=O. The van der Waals surface area contributed by atoms with Gasteiger partial charge in [0.05, 0.1) is 6.20 Å². The summed E-state index contributed by atoms with van der Waals surface area (Å²) in [5.41, 5.74) is 0.765. The molecular weight excluding hydrogens is 244 g/mol. The molecule has 0 amide bonds. The molecule has 0 saturated heterocycles. The number of rotatable bonds is 5. The minimum atomic E-state index is -0.546. The summed E-state index contributed by atoms with van der Waals surface area (Å²) in [5.74, 6) is 0. The van der Waals surface area contributed by atoms with Crippen molar-refractivity contribution in [3.63, 3.8) is 0 Å². The number of aromatic nitrogens is 2. The molecule has 0 saturated carbocycles. The highest BCUT2D eigenvalue weighted by atomic mass is 16.7. The molecule has 1 heterocycles. The van der Waals surface area contributed by atoms with Gasteiger partial charge in [0.2, 0.25) is 0 Å². The molecule has 1 N–H and O–H groups in total. The van der Waals surface area contributed by atoms with Crippen LogP contribution in [0.4, 0.5) is 0 Å². The molecule has 0 aliphatic carbocycles. The van der Waals surface area contributed by atoms with Crippen LogP contribution in [0.5, 0.6) is 0 Å². The van der Waals surface area contributed by atoms with Gasteiger partial charge in [0.25, 0.3) is 5.56 Å². The molecule has 0 aliphatic heterocycles. The first-order chi connectivity index (χ1) is 9.20. The van der Waals surface area contributed by atoms with Gasteiger partial charge in [-0.05, 0) is 12.0 Å². The van der Waals surface area contributed by atoms with Crippen LogP contribution >= 0.6 is 0 Å². The van der Waals surface area contributed by atoms with Gasteiger partial charge in [0.15, 0.2) is 0 Å². The Balaban J connectivity index is 2.04. The first-order valence-corrected chi connectivity index (χ1v) is 6.22. The van der Waals surface area contributed by atoms with Crippen LogP contribution in [-0.2, 0) is 12.8 Å². The predicted molar refractivity (Wildman–Crippen MR) is 72.3 cm³/mol. The Hall–Kier alpha value is -2.30. The van der Waals surface area contributed by atoms with Gasteiger partial charge in [-0.3, -0.25) is 9.78 Å². The molecule has 19 heavy (non-hydrogen) atoms. The van der Waals surface area contributed by atoms with Crippen LogP contribution in [0, 0.1) is 0 Å². The standard InChI is InChI=1S/C14H16N2O3/c1-2-12-10-16(14(18)15-13(12)17)19-9-8-11-6-4-3-5-7-11/h3-7,10H,2,8-9H2,1H3,(H,15,17,18). The van der Waals surface area contributed by atoms with Gasteiger partial charge < -0.3 is 4.84 Å². The van der Waals surface area contributed by atoms with Crippen LogP contribution < -0.4 is 16.1 Å². The van der Waals surface area contributed by atoms with Crippen LogP contribution in [0.3, 0.4) is 0 Å². The first-order valence-electron chi connectivity index (χ1n) is 6.22. The summed E-state index contributed by atoms with van der Waals surface area (Å²) >= 11 is 0. The zero-order chi connectivity index (χ0) is 13.7. The van der Waals surface area contributed by atoms with Gasteiger partial charge in [-0.2, -0.15) is 0 Å². The zero-order valence-electron chi connectivity index (χ0n) is 10.8. The van der Waals surface area contributed by atoms with Crippen molar-refractivity contribution in [2.75, 3.05) is 6.61 Å². The zero-order valence-corrected chi connectivity index (χ0v) is 10.8. The van der Waals surface area contributed by atoms with Crippen molar-refractivity contribution in [2.24, 2.45) is 0 Å². The van der Waals surface area contributed by atoms with Crippen molar-refractivity contribution < 1.29 is 4.84 Å². The summed E-state index contributed by atoms with van der Waals surface area (Å²) in [7, 11) is 0. The monoisotopic (exact) mass is 260 g/mol. The average molecular weight is 260 g/mol. The van der Waals surface area contributed by atoms with Gasteiger partial charge in [-0.25, -0.2) is 4.79 Å². The van der Waals surface area contributed by atoms with Crippen LogP contribution in [-0.4, -0.2) is 16.3 Å². The molecule has 5 nitrogen and oxygen atoms in total. The Bertz CT molecular complexity index is 644. The fourth-order valence-corrected chi connectivity index (χ4v) is 1.75. The van der Waals surface area contributed by atoms with Gasteiger partial charge in [0.1, 0.15) is 6.61 Å². The molecule has 0 aliphatic rings. The van der Waals surface area contributed by atoms with E-state index in [0.717, 1.165) is 10.3 Å². The van der Waals surface area contributed by atoms with Gasteiger partial charge >= 0.3 is 5.69 Å². The summed E-state index contributed by atoms with van der Waals surface area (Å²) in [6.45, 7) is 2.22. The van der Waals surface area contributed by atoms with E-state index < -0.39 is 5.69 Å². The number of hydrogen-bond donors (Lipinski definition) is 1. The van der Waals surface area contributed by atoms with E-state index in [1.807, 2.05) is 37.3 Å². The van der Waals surface area contributed by atoms with E-state index in [0.29, 0.717) is 25.0 Å². The van der Waals surface area contributed by atoms with E-state index in [4.69, 9.17) is 4.84 Å². The Kier molecular flexibility index (Phi) is 4.18. The topological polar surface area (TPSA) is 64.1 Å². The van der Waals surface area contributed by atoms with E-state index in [1.165, 1.54) is 6.20 Å². The molecule has 2 rings (SSSR count). The van der Waals surface area contributed by atoms with Crippen molar-refractivity contribution in [1.29, 1.82) is 0 Å². The van der Waals surface area contributed by atoms with Crippen molar-refractivity contribution in [3.05, 3.63) is 68.5 Å². The third kappa shape index (κ3) is 3.34. The van der Waals surface area contributed by atoms with E-state index in [-0.39, 0.29) is 5.56 Å². The summed E-state index contributed by atoms with van der Waals surface area (Å²) in [6, 6.07) is 9.85. The van der Waals surface area contributed by atoms with Crippen LogP contribution in [0.1, 0.15) is 18.1 Å². The maximum Gasteiger partial charge on any atom is 0.361 e. The molecule has 1 aromatic heterocycles. The summed E-state index contributed by atoms with van der Waals surface area (Å²) < 4.78 is 1.09. The van der Waals surface area contributed by atoms with Crippen molar-refractivity contribution in [3.8, 4) is 0 Å². The second kappa shape index (κ2) is 6.04. The number of nitrogens with zero attached hydrogens (tertiary/aromatic N) is 1. The van der Waals surface area contributed by atoms with E-state index in [2.05, 4.69) is 4.98 Å². The number of H-pyrrole nitrogens is 1. The second-order valence-corrected chi connectivity index (χ2v) is 4.16. The fraction of sp³-hybridized carbons (Fsp3) is 0.286. The lowest BCUT2D eigenvalue weighted by molar-refractivity contribution is 0.0999. The maximum absolute atomic E-state index is 11.5. The Morgan fingerprint density at radius 3 is 2.63 bits per heavy atom. The quantitative estimate of drug-likeness (QED) is 0.863. The van der Waals surface area contributed by atoms with Crippen LogP contribution in [0.25, 0.3) is 0 Å². The summed E-state index contributed by atoms with van der Waals surface area (Å²) in [5, 5.41) is 0. The number of benzene rings is 1. The largest absolute Gasteiger partial charge is 0.409 e. The molecule has 0 unspecified atom stereocenters. The lowest BCUT2D eigenvalue weighted by Gasteiger charge is -2.08. The van der Waals surface area contributed by atoms with Crippen LogP contribution in [0.2, 0.25) is 0 Å². The highest BCUT2D eigenvalue weighted by molar-refractivity contribution is 5.14. The Morgan fingerprint density at radius 1 is 1.21 bits per heavy atom. The fourth-order valence-electron chi connectivity index (χ4n) is 1.75. The molecule has 0 atom stereocenters. The highest BCUT2D eigenvalue weighted by Crippen LogP contribution is 1.98. The predicted octanol–water partition coefficient (Wildman–Crippen LogP) is 0.770. The smallest absolute Gasteiger partial charge is 0.361 e.